The number of rotatable bonds is 6. The molecule has 0 unspecified atom stereocenters. The Morgan fingerprint density at radius 2 is 1.90 bits per heavy atom. The molecule has 2 N–H and O–H groups in total. The van der Waals surface area contributed by atoms with Crippen molar-refractivity contribution in [3.8, 4) is 22.1 Å². The van der Waals surface area contributed by atoms with Crippen LogP contribution in [0.4, 0.5) is 22.0 Å². The standard InChI is InChI=1S/C25H17F5N4O4S/c1-11-18-21(36)33-24(37)34(10-17(35)25(28,29)30)23(18)39-19(11)14-7-16(20(26)27)22(32-9-14)38-15-3-2-13-8-31-5-4-12(13)6-15/h2-9,17,20,35H,10H2,1H3,(H,33,36,37)/t17-/m1/s1. The van der Waals surface area contributed by atoms with Crippen LogP contribution in [0.3, 0.4) is 0 Å². The fourth-order valence-corrected chi connectivity index (χ4v) is 5.36. The van der Waals surface area contributed by atoms with E-state index in [0.29, 0.717) is 4.57 Å². The monoisotopic (exact) mass is 564 g/mol. The largest absolute Gasteiger partial charge is 0.439 e. The number of fused-ring (bicyclic) bond motifs is 2. The van der Waals surface area contributed by atoms with Crippen molar-refractivity contribution in [3.05, 3.63) is 80.9 Å². The molecule has 202 valence electrons. The minimum Gasteiger partial charge on any atom is -0.439 e. The summed E-state index contributed by atoms with van der Waals surface area (Å²) >= 11 is 0.749. The molecule has 4 heterocycles. The van der Waals surface area contributed by atoms with Gasteiger partial charge in [-0.15, -0.1) is 11.3 Å². The van der Waals surface area contributed by atoms with E-state index in [2.05, 4.69) is 9.97 Å². The minimum absolute atomic E-state index is 0.103. The van der Waals surface area contributed by atoms with Crippen LogP contribution in [0.5, 0.6) is 11.6 Å². The second-order valence-corrected chi connectivity index (χ2v) is 9.57. The Hall–Kier alpha value is -4.17. The number of thiophene rings is 1. The molecule has 1 atom stereocenters. The number of alkyl halides is 5. The molecule has 14 heteroatoms. The van der Waals surface area contributed by atoms with Gasteiger partial charge in [-0.1, -0.05) is 0 Å². The Morgan fingerprint density at radius 3 is 2.62 bits per heavy atom. The maximum atomic E-state index is 14.1. The first-order valence-corrected chi connectivity index (χ1v) is 12.1. The molecule has 0 radical (unpaired) electrons. The number of pyridine rings is 2. The Balaban J connectivity index is 1.58. The highest BCUT2D eigenvalue weighted by atomic mass is 32.1. The van der Waals surface area contributed by atoms with Gasteiger partial charge in [-0.25, -0.2) is 18.6 Å². The van der Waals surface area contributed by atoms with E-state index >= 15 is 0 Å². The molecule has 5 rings (SSSR count). The van der Waals surface area contributed by atoms with Crippen molar-refractivity contribution in [2.24, 2.45) is 0 Å². The number of nitrogens with zero attached hydrogens (tertiary/aromatic N) is 3. The third-order valence-corrected chi connectivity index (χ3v) is 7.37. The summed E-state index contributed by atoms with van der Waals surface area (Å²) in [5.41, 5.74) is -2.19. The maximum absolute atomic E-state index is 14.1. The first kappa shape index (κ1) is 26.4. The number of H-pyrrole nitrogens is 1. The lowest BCUT2D eigenvalue weighted by Gasteiger charge is -2.15. The molecule has 0 amide bonds. The quantitative estimate of drug-likeness (QED) is 0.270. The van der Waals surface area contributed by atoms with E-state index in [9.17, 15) is 36.6 Å². The Morgan fingerprint density at radius 1 is 1.13 bits per heavy atom. The maximum Gasteiger partial charge on any atom is 0.416 e. The molecule has 1 aromatic carbocycles. The van der Waals surface area contributed by atoms with E-state index in [1.54, 1.807) is 36.7 Å². The van der Waals surface area contributed by atoms with Crippen LogP contribution < -0.4 is 16.0 Å². The van der Waals surface area contributed by atoms with Crippen LogP contribution in [0.25, 0.3) is 31.4 Å². The normalized spacial score (nSPS) is 12.9. The summed E-state index contributed by atoms with van der Waals surface area (Å²) in [6, 6.07) is 7.76. The fraction of sp³-hybridized carbons (Fsp3) is 0.200. The van der Waals surface area contributed by atoms with Gasteiger partial charge in [0.1, 0.15) is 10.6 Å². The second kappa shape index (κ2) is 9.85. The Kier molecular flexibility index (Phi) is 6.68. The van der Waals surface area contributed by atoms with Crippen LogP contribution in [-0.2, 0) is 6.54 Å². The number of nitrogens with one attached hydrogen (secondary N) is 1. The van der Waals surface area contributed by atoms with Gasteiger partial charge in [0.25, 0.3) is 12.0 Å². The van der Waals surface area contributed by atoms with E-state index in [1.807, 2.05) is 4.98 Å². The van der Waals surface area contributed by atoms with E-state index in [1.165, 1.54) is 13.1 Å². The van der Waals surface area contributed by atoms with Gasteiger partial charge in [0, 0.05) is 34.4 Å². The number of hydrogen-bond acceptors (Lipinski definition) is 7. The van der Waals surface area contributed by atoms with Gasteiger partial charge >= 0.3 is 11.9 Å². The van der Waals surface area contributed by atoms with Crippen LogP contribution in [0.1, 0.15) is 17.6 Å². The summed E-state index contributed by atoms with van der Waals surface area (Å²) in [5, 5.41) is 11.0. The second-order valence-electron chi connectivity index (χ2n) is 8.57. The van der Waals surface area contributed by atoms with Crippen LogP contribution in [0.15, 0.2) is 58.5 Å². The molecule has 0 fully saturated rings. The lowest BCUT2D eigenvalue weighted by atomic mass is 10.1. The number of halogens is 5. The van der Waals surface area contributed by atoms with Crippen LogP contribution >= 0.6 is 11.3 Å². The number of aromatic amines is 1. The summed E-state index contributed by atoms with van der Waals surface area (Å²) in [6.45, 7) is 0.305. The lowest BCUT2D eigenvalue weighted by molar-refractivity contribution is -0.207. The van der Waals surface area contributed by atoms with Gasteiger partial charge in [0.15, 0.2) is 6.10 Å². The molecule has 0 spiro atoms. The zero-order valence-electron chi connectivity index (χ0n) is 19.8. The topological polar surface area (TPSA) is 110 Å². The van der Waals surface area contributed by atoms with Gasteiger partial charge < -0.3 is 9.84 Å². The van der Waals surface area contributed by atoms with E-state index in [0.717, 1.165) is 28.2 Å². The SMILES string of the molecule is Cc1c(-c2cnc(Oc3ccc4cnccc4c3)c(C(F)F)c2)sc2c1c(=O)[nH]c(=O)n2C[C@@H](O)C(F)(F)F. The van der Waals surface area contributed by atoms with Crippen molar-refractivity contribution in [2.75, 3.05) is 0 Å². The third-order valence-electron chi connectivity index (χ3n) is 6.00. The van der Waals surface area contributed by atoms with Gasteiger partial charge in [0.05, 0.1) is 17.5 Å². The number of aromatic nitrogens is 4. The van der Waals surface area contributed by atoms with Crippen LogP contribution in [0, 0.1) is 6.92 Å². The molecule has 0 aliphatic heterocycles. The molecule has 5 aromatic rings. The molecule has 0 saturated carbocycles. The highest BCUT2D eigenvalue weighted by Crippen LogP contribution is 2.40. The number of hydrogen-bond donors (Lipinski definition) is 2. The Labute approximate surface area is 219 Å². The molecular formula is C25H17F5N4O4S. The smallest absolute Gasteiger partial charge is 0.416 e. The third kappa shape index (κ3) is 5.00. The summed E-state index contributed by atoms with van der Waals surface area (Å²) in [4.78, 5) is 34.9. The van der Waals surface area contributed by atoms with E-state index in [-0.39, 0.29) is 37.9 Å². The molecule has 0 aliphatic carbocycles. The van der Waals surface area contributed by atoms with Crippen molar-refractivity contribution in [1.82, 2.24) is 19.5 Å². The summed E-state index contributed by atoms with van der Waals surface area (Å²) in [7, 11) is 0. The lowest BCUT2D eigenvalue weighted by Crippen LogP contribution is -2.38. The number of benzene rings is 1. The molecule has 0 saturated heterocycles. The number of aryl methyl sites for hydroxylation is 1. The summed E-state index contributed by atoms with van der Waals surface area (Å²) in [5.74, 6) is -0.100. The molecular weight excluding hydrogens is 547 g/mol. The van der Waals surface area contributed by atoms with Crippen molar-refractivity contribution in [1.29, 1.82) is 0 Å². The van der Waals surface area contributed by atoms with E-state index < -0.39 is 42.1 Å². The zero-order valence-corrected chi connectivity index (χ0v) is 20.6. The van der Waals surface area contributed by atoms with Gasteiger partial charge in [-0.05, 0) is 48.2 Å². The van der Waals surface area contributed by atoms with Gasteiger partial charge in [-0.3, -0.25) is 19.3 Å². The molecule has 39 heavy (non-hydrogen) atoms. The summed E-state index contributed by atoms with van der Waals surface area (Å²) < 4.78 is 73.2. The predicted octanol–water partition coefficient (Wildman–Crippen LogP) is 5.32. The number of aliphatic hydroxyl groups excluding tert-OH is 1. The first-order chi connectivity index (χ1) is 18.4. The first-order valence-electron chi connectivity index (χ1n) is 11.2. The van der Waals surface area contributed by atoms with E-state index in [4.69, 9.17) is 4.74 Å². The molecule has 4 aromatic heterocycles. The van der Waals surface area contributed by atoms with Crippen LogP contribution in [-0.4, -0.2) is 36.9 Å². The molecule has 8 nitrogen and oxygen atoms in total. The van der Waals surface area contributed by atoms with Gasteiger partial charge in [-0.2, -0.15) is 13.2 Å². The van der Waals surface area contributed by atoms with Crippen molar-refractivity contribution >= 4 is 32.3 Å². The van der Waals surface area contributed by atoms with Crippen molar-refractivity contribution in [2.45, 2.75) is 32.2 Å². The zero-order chi connectivity index (χ0) is 28.1. The minimum atomic E-state index is -5.01. The number of ether oxygens (including phenoxy) is 1. The Bertz CT molecular complexity index is 1830. The molecule has 0 bridgehead atoms. The van der Waals surface area contributed by atoms with Crippen molar-refractivity contribution in [3.63, 3.8) is 0 Å². The average Bonchev–Trinajstić information content (AvgIpc) is 3.23. The van der Waals surface area contributed by atoms with Gasteiger partial charge in [0.2, 0.25) is 5.88 Å². The fourth-order valence-electron chi connectivity index (χ4n) is 4.06. The average molecular weight is 564 g/mol. The highest BCUT2D eigenvalue weighted by molar-refractivity contribution is 7.22. The number of aliphatic hydroxyl groups is 1. The van der Waals surface area contributed by atoms with Crippen molar-refractivity contribution < 1.29 is 31.8 Å². The summed E-state index contributed by atoms with van der Waals surface area (Å²) in [6.07, 6.45) is -6.44. The predicted molar refractivity (Wildman–Crippen MR) is 134 cm³/mol. The highest BCUT2D eigenvalue weighted by Gasteiger charge is 2.39. The van der Waals surface area contributed by atoms with Crippen LogP contribution in [0.2, 0.25) is 0 Å². The molecule has 0 aliphatic rings.